The second-order valence-corrected chi connectivity index (χ2v) is 7.09. The Morgan fingerprint density at radius 1 is 1.30 bits per heavy atom. The molecule has 1 aromatic rings. The number of nitrogens with zero attached hydrogens (tertiary/aromatic N) is 1. The van der Waals surface area contributed by atoms with Crippen molar-refractivity contribution in [2.24, 2.45) is 5.92 Å². The second kappa shape index (κ2) is 6.48. The number of piperidine rings is 1. The van der Waals surface area contributed by atoms with E-state index in [1.54, 1.807) is 0 Å². The molecule has 1 aliphatic carbocycles. The van der Waals surface area contributed by atoms with Crippen LogP contribution in [0.2, 0.25) is 0 Å². The number of ether oxygens (including phenoxy) is 1. The molecule has 2 aliphatic rings. The third-order valence-corrected chi connectivity index (χ3v) is 5.83. The van der Waals surface area contributed by atoms with Gasteiger partial charge in [-0.2, -0.15) is 0 Å². The Kier molecular flexibility index (Phi) is 4.58. The Balaban J connectivity index is 1.89. The molecular formula is C20H27NO2. The van der Waals surface area contributed by atoms with Gasteiger partial charge in [-0.15, -0.1) is 0 Å². The molecule has 3 rings (SSSR count). The van der Waals surface area contributed by atoms with E-state index in [2.05, 4.69) is 25.5 Å². The number of rotatable bonds is 3. The van der Waals surface area contributed by atoms with Gasteiger partial charge in [0.2, 0.25) is 0 Å². The Bertz CT molecular complexity index is 570. The molecule has 0 N–H and O–H groups in total. The van der Waals surface area contributed by atoms with Crippen LogP contribution in [-0.2, 0) is 4.74 Å². The lowest BCUT2D eigenvalue weighted by molar-refractivity contribution is -0.107. The van der Waals surface area contributed by atoms with Gasteiger partial charge in [0.05, 0.1) is 5.56 Å². The van der Waals surface area contributed by atoms with E-state index in [9.17, 15) is 4.79 Å². The highest BCUT2D eigenvalue weighted by Crippen LogP contribution is 2.46. The number of hydrogen-bond acceptors (Lipinski definition) is 3. The Hall–Kier alpha value is -1.61. The maximum atomic E-state index is 12.7. The number of carbonyl (C=O) groups excluding carboxylic acids is 1. The molecule has 124 valence electrons. The lowest BCUT2D eigenvalue weighted by atomic mass is 9.67. The third kappa shape index (κ3) is 2.94. The van der Waals surface area contributed by atoms with Gasteiger partial charge >= 0.3 is 5.97 Å². The van der Waals surface area contributed by atoms with E-state index < -0.39 is 5.60 Å². The SMILES string of the molecule is C=CC1(OC(=O)c2ccccc2)CC(C)N(C)C2CCCCC21. The average molecular weight is 313 g/mol. The van der Waals surface area contributed by atoms with E-state index >= 15 is 0 Å². The van der Waals surface area contributed by atoms with Gasteiger partial charge in [-0.3, -0.25) is 0 Å². The summed E-state index contributed by atoms with van der Waals surface area (Å²) in [5.74, 6) is 0.120. The first-order valence-electron chi connectivity index (χ1n) is 8.71. The number of likely N-dealkylation sites (tertiary alicyclic amines) is 1. The molecule has 1 aliphatic heterocycles. The van der Waals surface area contributed by atoms with Crippen molar-refractivity contribution in [1.29, 1.82) is 0 Å². The largest absolute Gasteiger partial charge is 0.451 e. The number of hydrogen-bond donors (Lipinski definition) is 0. The maximum Gasteiger partial charge on any atom is 0.339 e. The molecule has 1 saturated carbocycles. The Morgan fingerprint density at radius 2 is 2.00 bits per heavy atom. The number of fused-ring (bicyclic) bond motifs is 1. The number of benzene rings is 1. The zero-order valence-electron chi connectivity index (χ0n) is 14.2. The van der Waals surface area contributed by atoms with Crippen molar-refractivity contribution in [3.63, 3.8) is 0 Å². The van der Waals surface area contributed by atoms with E-state index in [4.69, 9.17) is 4.74 Å². The molecule has 3 nitrogen and oxygen atoms in total. The van der Waals surface area contributed by atoms with E-state index in [0.717, 1.165) is 12.8 Å². The first-order valence-corrected chi connectivity index (χ1v) is 8.71. The van der Waals surface area contributed by atoms with Gasteiger partial charge < -0.3 is 9.64 Å². The smallest absolute Gasteiger partial charge is 0.339 e. The molecule has 1 heterocycles. The lowest BCUT2D eigenvalue weighted by Crippen LogP contribution is -2.61. The highest BCUT2D eigenvalue weighted by Gasteiger charge is 2.51. The molecule has 4 atom stereocenters. The summed E-state index contributed by atoms with van der Waals surface area (Å²) in [6.45, 7) is 6.28. The van der Waals surface area contributed by atoms with Crippen molar-refractivity contribution < 1.29 is 9.53 Å². The van der Waals surface area contributed by atoms with Crippen LogP contribution in [-0.4, -0.2) is 35.6 Å². The molecule has 0 amide bonds. The Morgan fingerprint density at radius 3 is 2.70 bits per heavy atom. The quantitative estimate of drug-likeness (QED) is 0.623. The minimum absolute atomic E-state index is 0.230. The van der Waals surface area contributed by atoms with Gasteiger partial charge in [0, 0.05) is 24.4 Å². The fourth-order valence-corrected chi connectivity index (χ4v) is 4.45. The van der Waals surface area contributed by atoms with E-state index in [1.165, 1.54) is 19.3 Å². The molecule has 1 saturated heterocycles. The van der Waals surface area contributed by atoms with Crippen LogP contribution in [0, 0.1) is 5.92 Å². The highest BCUT2D eigenvalue weighted by molar-refractivity contribution is 5.89. The van der Waals surface area contributed by atoms with Crippen LogP contribution in [0.4, 0.5) is 0 Å². The highest BCUT2D eigenvalue weighted by atomic mass is 16.6. The first kappa shape index (κ1) is 16.3. The topological polar surface area (TPSA) is 29.5 Å². The van der Waals surface area contributed by atoms with E-state index in [0.29, 0.717) is 23.6 Å². The lowest BCUT2D eigenvalue weighted by Gasteiger charge is -2.54. The molecule has 0 radical (unpaired) electrons. The first-order chi connectivity index (χ1) is 11.1. The normalized spacial score (nSPS) is 34.4. The summed E-state index contributed by atoms with van der Waals surface area (Å²) in [5, 5.41) is 0. The molecule has 0 aromatic heterocycles. The van der Waals surface area contributed by atoms with Gasteiger partial charge in [-0.25, -0.2) is 4.79 Å². The summed E-state index contributed by atoms with van der Waals surface area (Å²) < 4.78 is 6.12. The fraction of sp³-hybridized carbons (Fsp3) is 0.550. The van der Waals surface area contributed by atoms with Crippen LogP contribution < -0.4 is 0 Å². The molecule has 1 aromatic carbocycles. The summed E-state index contributed by atoms with van der Waals surface area (Å²) in [7, 11) is 2.21. The minimum Gasteiger partial charge on any atom is -0.451 e. The van der Waals surface area contributed by atoms with Crippen molar-refractivity contribution in [3.05, 3.63) is 48.6 Å². The van der Waals surface area contributed by atoms with Crippen LogP contribution in [0.1, 0.15) is 49.4 Å². The van der Waals surface area contributed by atoms with Crippen molar-refractivity contribution in [2.45, 2.75) is 56.7 Å². The predicted octanol–water partition coefficient (Wildman–Crippen LogP) is 4.05. The zero-order chi connectivity index (χ0) is 16.4. The molecule has 2 fully saturated rings. The van der Waals surface area contributed by atoms with Crippen LogP contribution in [0.5, 0.6) is 0 Å². The van der Waals surface area contributed by atoms with Crippen molar-refractivity contribution in [1.82, 2.24) is 4.90 Å². The molecule has 0 bridgehead atoms. The van der Waals surface area contributed by atoms with Crippen molar-refractivity contribution >= 4 is 5.97 Å². The minimum atomic E-state index is -0.538. The molecular weight excluding hydrogens is 286 g/mol. The zero-order valence-corrected chi connectivity index (χ0v) is 14.2. The summed E-state index contributed by atoms with van der Waals surface area (Å²) in [4.78, 5) is 15.1. The second-order valence-electron chi connectivity index (χ2n) is 7.09. The fourth-order valence-electron chi connectivity index (χ4n) is 4.45. The third-order valence-electron chi connectivity index (χ3n) is 5.83. The molecule has 23 heavy (non-hydrogen) atoms. The summed E-state index contributed by atoms with van der Waals surface area (Å²) in [6.07, 6.45) is 7.49. The van der Waals surface area contributed by atoms with Gasteiger partial charge in [-0.05, 0) is 45.0 Å². The molecule has 4 unspecified atom stereocenters. The monoisotopic (exact) mass is 313 g/mol. The van der Waals surface area contributed by atoms with Gasteiger partial charge in [-0.1, -0.05) is 37.6 Å². The van der Waals surface area contributed by atoms with Crippen LogP contribution in [0.15, 0.2) is 43.0 Å². The van der Waals surface area contributed by atoms with Crippen LogP contribution >= 0.6 is 0 Å². The van der Waals surface area contributed by atoms with Gasteiger partial charge in [0.1, 0.15) is 5.60 Å². The van der Waals surface area contributed by atoms with Crippen molar-refractivity contribution in [2.75, 3.05) is 7.05 Å². The summed E-state index contributed by atoms with van der Waals surface area (Å²) in [6, 6.07) is 10.2. The molecule has 0 spiro atoms. The van der Waals surface area contributed by atoms with Gasteiger partial charge in [0.25, 0.3) is 0 Å². The Labute approximate surface area is 139 Å². The number of esters is 1. The van der Waals surface area contributed by atoms with Crippen molar-refractivity contribution in [3.8, 4) is 0 Å². The summed E-state index contributed by atoms with van der Waals surface area (Å²) in [5.41, 5.74) is 0.0804. The van der Waals surface area contributed by atoms with E-state index in [1.807, 2.05) is 36.4 Å². The van der Waals surface area contributed by atoms with Crippen LogP contribution in [0.3, 0.4) is 0 Å². The summed E-state index contributed by atoms with van der Waals surface area (Å²) >= 11 is 0. The van der Waals surface area contributed by atoms with E-state index in [-0.39, 0.29) is 5.97 Å². The number of carbonyl (C=O) groups is 1. The predicted molar refractivity (Wildman–Crippen MR) is 92.4 cm³/mol. The standard InChI is InChI=1S/C20H27NO2/c1-4-20(23-19(22)16-10-6-5-7-11-16)14-15(2)21(3)18-13-9-8-12-17(18)20/h4-7,10-11,15,17-18H,1,8-9,12-14H2,2-3H3. The molecule has 3 heteroatoms. The van der Waals surface area contributed by atoms with Gasteiger partial charge in [0.15, 0.2) is 0 Å². The van der Waals surface area contributed by atoms with Crippen LogP contribution in [0.25, 0.3) is 0 Å². The maximum absolute atomic E-state index is 12.7. The average Bonchev–Trinajstić information content (AvgIpc) is 2.60.